The first-order chi connectivity index (χ1) is 9.66. The molecule has 1 atom stereocenters. The number of nitrogens with zero attached hydrogens (tertiary/aromatic N) is 1. The Balaban J connectivity index is 1.79. The minimum atomic E-state index is -0.576. The molecule has 0 bridgehead atoms. The molecule has 3 rings (SSSR count). The van der Waals surface area contributed by atoms with Crippen molar-refractivity contribution in [1.29, 1.82) is 0 Å². The maximum absolute atomic E-state index is 12.3. The van der Waals surface area contributed by atoms with Crippen molar-refractivity contribution in [2.24, 2.45) is 0 Å². The molecular weight excluding hydrogens is 258 g/mol. The van der Waals surface area contributed by atoms with E-state index in [1.807, 2.05) is 24.3 Å². The molecule has 1 aromatic carbocycles. The van der Waals surface area contributed by atoms with Gasteiger partial charge in [-0.25, -0.2) is 4.79 Å². The van der Waals surface area contributed by atoms with Crippen LogP contribution in [-0.2, 0) is 16.0 Å². The number of carbonyl (C=O) groups is 3. The Kier molecular flexibility index (Phi) is 3.14. The number of hydrazine groups is 1. The highest BCUT2D eigenvalue weighted by atomic mass is 16.2. The van der Waals surface area contributed by atoms with Gasteiger partial charge in [0.15, 0.2) is 0 Å². The molecule has 0 radical (unpaired) electrons. The predicted octanol–water partition coefficient (Wildman–Crippen LogP) is 0.689. The summed E-state index contributed by atoms with van der Waals surface area (Å²) in [6.07, 6.45) is 2.62. The minimum Gasteiger partial charge on any atom is -0.327 e. The lowest BCUT2D eigenvalue weighted by molar-refractivity contribution is -0.136. The summed E-state index contributed by atoms with van der Waals surface area (Å²) in [5.74, 6) is -1.05. The minimum absolute atomic E-state index is 0.0691. The number of urea groups is 1. The lowest BCUT2D eigenvalue weighted by Gasteiger charge is -2.26. The number of aryl methyl sites for hydroxylation is 1. The molecule has 104 valence electrons. The van der Waals surface area contributed by atoms with E-state index >= 15 is 0 Å². The normalized spacial score (nSPS) is 21.4. The van der Waals surface area contributed by atoms with E-state index in [9.17, 15) is 14.4 Å². The van der Waals surface area contributed by atoms with Crippen molar-refractivity contribution in [2.75, 3.05) is 6.54 Å². The third-order valence-electron chi connectivity index (χ3n) is 3.75. The second-order valence-corrected chi connectivity index (χ2v) is 5.01. The van der Waals surface area contributed by atoms with E-state index in [0.29, 0.717) is 0 Å². The fourth-order valence-electron chi connectivity index (χ4n) is 2.75. The first-order valence-corrected chi connectivity index (χ1v) is 6.66. The highest BCUT2D eigenvalue weighted by molar-refractivity contribution is 6.03. The molecule has 1 heterocycles. The number of imide groups is 1. The van der Waals surface area contributed by atoms with Crippen molar-refractivity contribution in [2.45, 2.75) is 25.2 Å². The van der Waals surface area contributed by atoms with Crippen LogP contribution in [0.4, 0.5) is 4.79 Å². The van der Waals surface area contributed by atoms with Gasteiger partial charge in [0.25, 0.3) is 5.91 Å². The number of nitrogens with one attached hydrogen (secondary N) is 2. The average molecular weight is 273 g/mol. The molecule has 4 amide bonds. The summed E-state index contributed by atoms with van der Waals surface area (Å²) < 4.78 is 0. The van der Waals surface area contributed by atoms with Crippen LogP contribution in [0, 0.1) is 0 Å². The van der Waals surface area contributed by atoms with Gasteiger partial charge in [-0.3, -0.25) is 15.0 Å². The smallest absolute Gasteiger partial charge is 0.327 e. The lowest BCUT2D eigenvalue weighted by atomic mass is 9.82. The van der Waals surface area contributed by atoms with E-state index in [1.54, 1.807) is 0 Å². The van der Waals surface area contributed by atoms with Gasteiger partial charge >= 0.3 is 6.03 Å². The zero-order chi connectivity index (χ0) is 14.1. The maximum Gasteiger partial charge on any atom is 0.343 e. The zero-order valence-corrected chi connectivity index (χ0v) is 10.9. The maximum atomic E-state index is 12.3. The van der Waals surface area contributed by atoms with Gasteiger partial charge in [0, 0.05) is 0 Å². The summed E-state index contributed by atoms with van der Waals surface area (Å²) in [5.41, 5.74) is 4.57. The average Bonchev–Trinajstić information content (AvgIpc) is 2.78. The van der Waals surface area contributed by atoms with E-state index in [0.717, 1.165) is 35.4 Å². The van der Waals surface area contributed by atoms with Crippen LogP contribution in [0.25, 0.3) is 0 Å². The highest BCUT2D eigenvalue weighted by Gasteiger charge is 2.33. The Morgan fingerprint density at radius 1 is 1.30 bits per heavy atom. The molecule has 0 aromatic heterocycles. The van der Waals surface area contributed by atoms with Crippen LogP contribution < -0.4 is 10.7 Å². The number of amides is 4. The Hall–Kier alpha value is -2.37. The van der Waals surface area contributed by atoms with E-state index in [1.165, 1.54) is 0 Å². The Morgan fingerprint density at radius 3 is 2.85 bits per heavy atom. The quantitative estimate of drug-likeness (QED) is 0.778. The lowest BCUT2D eigenvalue weighted by Crippen LogP contribution is -2.48. The molecular formula is C14H15N3O3. The molecule has 2 aliphatic rings. The van der Waals surface area contributed by atoms with Gasteiger partial charge in [0.1, 0.15) is 6.54 Å². The van der Waals surface area contributed by atoms with Crippen molar-refractivity contribution < 1.29 is 14.4 Å². The van der Waals surface area contributed by atoms with Gasteiger partial charge in [0.2, 0.25) is 5.91 Å². The van der Waals surface area contributed by atoms with Gasteiger partial charge in [-0.1, -0.05) is 24.3 Å². The van der Waals surface area contributed by atoms with Gasteiger partial charge in [-0.2, -0.15) is 5.01 Å². The molecule has 2 N–H and O–H groups in total. The molecule has 1 aliphatic carbocycles. The number of carbonyl (C=O) groups excluding carboxylic acids is 3. The highest BCUT2D eigenvalue weighted by Crippen LogP contribution is 2.31. The molecule has 1 unspecified atom stereocenters. The first-order valence-electron chi connectivity index (χ1n) is 6.66. The Bertz CT molecular complexity index is 569. The fourth-order valence-corrected chi connectivity index (χ4v) is 2.75. The van der Waals surface area contributed by atoms with Gasteiger partial charge in [0.05, 0.1) is 5.92 Å². The van der Waals surface area contributed by atoms with Crippen LogP contribution in [-0.4, -0.2) is 29.4 Å². The van der Waals surface area contributed by atoms with Crippen LogP contribution in [0.3, 0.4) is 0 Å². The summed E-state index contributed by atoms with van der Waals surface area (Å²) in [5, 5.41) is 3.13. The van der Waals surface area contributed by atoms with Crippen LogP contribution in [0.15, 0.2) is 24.3 Å². The van der Waals surface area contributed by atoms with Crippen molar-refractivity contribution in [3.05, 3.63) is 35.4 Å². The van der Waals surface area contributed by atoms with Crippen LogP contribution >= 0.6 is 0 Å². The van der Waals surface area contributed by atoms with E-state index in [-0.39, 0.29) is 18.4 Å². The molecule has 6 nitrogen and oxygen atoms in total. The molecule has 0 spiro atoms. The van der Waals surface area contributed by atoms with E-state index < -0.39 is 11.9 Å². The van der Waals surface area contributed by atoms with Gasteiger partial charge < -0.3 is 5.32 Å². The Labute approximate surface area is 116 Å². The third kappa shape index (κ3) is 2.13. The van der Waals surface area contributed by atoms with Gasteiger partial charge in [-0.15, -0.1) is 0 Å². The predicted molar refractivity (Wildman–Crippen MR) is 70.5 cm³/mol. The molecule has 1 saturated heterocycles. The second kappa shape index (κ2) is 4.96. The van der Waals surface area contributed by atoms with Gasteiger partial charge in [-0.05, 0) is 30.4 Å². The van der Waals surface area contributed by atoms with Crippen LogP contribution in [0.2, 0.25) is 0 Å². The molecule has 0 saturated carbocycles. The molecule has 20 heavy (non-hydrogen) atoms. The summed E-state index contributed by atoms with van der Waals surface area (Å²) >= 11 is 0. The summed E-state index contributed by atoms with van der Waals surface area (Å²) in [6, 6.07) is 7.23. The standard InChI is InChI=1S/C14H15N3O3/c18-12-8-15-14(20)17(12)16-13(19)11-7-3-5-9-4-1-2-6-10(9)11/h1-2,4,6,11H,3,5,7-8H2,(H,15,20)(H,16,19). The van der Waals surface area contributed by atoms with Crippen LogP contribution in [0.1, 0.15) is 29.9 Å². The Morgan fingerprint density at radius 2 is 2.10 bits per heavy atom. The number of benzene rings is 1. The second-order valence-electron chi connectivity index (χ2n) is 5.01. The number of hydrogen-bond donors (Lipinski definition) is 2. The molecule has 6 heteroatoms. The molecule has 1 aliphatic heterocycles. The van der Waals surface area contributed by atoms with Crippen molar-refractivity contribution in [1.82, 2.24) is 15.8 Å². The van der Waals surface area contributed by atoms with E-state index in [4.69, 9.17) is 0 Å². The molecule has 1 fully saturated rings. The zero-order valence-electron chi connectivity index (χ0n) is 10.9. The summed E-state index contributed by atoms with van der Waals surface area (Å²) in [6.45, 7) is -0.0691. The van der Waals surface area contributed by atoms with Crippen molar-refractivity contribution in [3.8, 4) is 0 Å². The third-order valence-corrected chi connectivity index (χ3v) is 3.75. The van der Waals surface area contributed by atoms with Crippen molar-refractivity contribution in [3.63, 3.8) is 0 Å². The summed E-state index contributed by atoms with van der Waals surface area (Å²) in [4.78, 5) is 35.2. The number of hydrogen-bond acceptors (Lipinski definition) is 3. The van der Waals surface area contributed by atoms with Crippen LogP contribution in [0.5, 0.6) is 0 Å². The van der Waals surface area contributed by atoms with E-state index in [2.05, 4.69) is 10.7 Å². The number of rotatable bonds is 2. The SMILES string of the molecule is O=C(NN1C(=O)CNC1=O)C1CCCc2ccccc21. The topological polar surface area (TPSA) is 78.5 Å². The summed E-state index contributed by atoms with van der Waals surface area (Å²) in [7, 11) is 0. The number of fused-ring (bicyclic) bond motifs is 1. The fraction of sp³-hybridized carbons (Fsp3) is 0.357. The molecule has 1 aromatic rings. The monoisotopic (exact) mass is 273 g/mol. The van der Waals surface area contributed by atoms with Crippen molar-refractivity contribution >= 4 is 17.8 Å². The largest absolute Gasteiger partial charge is 0.343 e. The first kappa shape index (κ1) is 12.7.